The van der Waals surface area contributed by atoms with Crippen LogP contribution in [0, 0.1) is 5.92 Å². The SMILES string of the molecule is CCC1CCCC1N1CCC(OCCCN)CC1. The van der Waals surface area contributed by atoms with Gasteiger partial charge in [-0.1, -0.05) is 19.8 Å². The first kappa shape index (κ1) is 14.3. The highest BCUT2D eigenvalue weighted by molar-refractivity contribution is 4.87. The number of nitrogens with two attached hydrogens (primary N) is 1. The van der Waals surface area contributed by atoms with Crippen LogP contribution in [-0.2, 0) is 4.74 Å². The maximum Gasteiger partial charge on any atom is 0.0599 e. The number of nitrogens with zero attached hydrogens (tertiary/aromatic N) is 1. The van der Waals surface area contributed by atoms with Crippen LogP contribution in [0.1, 0.15) is 51.9 Å². The van der Waals surface area contributed by atoms with Crippen molar-refractivity contribution < 1.29 is 4.74 Å². The van der Waals surface area contributed by atoms with Crippen molar-refractivity contribution in [1.29, 1.82) is 0 Å². The molecule has 0 aromatic heterocycles. The molecule has 1 saturated carbocycles. The summed E-state index contributed by atoms with van der Waals surface area (Å²) in [5.41, 5.74) is 5.49. The third-order valence-electron chi connectivity index (χ3n) is 4.79. The zero-order valence-electron chi connectivity index (χ0n) is 11.9. The quantitative estimate of drug-likeness (QED) is 0.740. The van der Waals surface area contributed by atoms with Crippen LogP contribution in [-0.4, -0.2) is 43.3 Å². The lowest BCUT2D eigenvalue weighted by Gasteiger charge is -2.38. The Labute approximate surface area is 112 Å². The van der Waals surface area contributed by atoms with Gasteiger partial charge in [0.2, 0.25) is 0 Å². The van der Waals surface area contributed by atoms with Gasteiger partial charge in [0.05, 0.1) is 6.10 Å². The maximum atomic E-state index is 5.88. The molecule has 3 heteroatoms. The fourth-order valence-electron chi connectivity index (χ4n) is 3.68. The molecule has 0 radical (unpaired) electrons. The zero-order valence-corrected chi connectivity index (χ0v) is 11.9. The van der Waals surface area contributed by atoms with Gasteiger partial charge in [0.25, 0.3) is 0 Å². The van der Waals surface area contributed by atoms with Crippen molar-refractivity contribution in [2.45, 2.75) is 64.0 Å². The number of hydrogen-bond donors (Lipinski definition) is 1. The Morgan fingerprint density at radius 3 is 2.61 bits per heavy atom. The first-order valence-electron chi connectivity index (χ1n) is 7.90. The average molecular weight is 254 g/mol. The van der Waals surface area contributed by atoms with Gasteiger partial charge in [-0.25, -0.2) is 0 Å². The van der Waals surface area contributed by atoms with Crippen molar-refractivity contribution in [3.05, 3.63) is 0 Å². The molecule has 1 aliphatic carbocycles. The lowest BCUT2D eigenvalue weighted by Crippen LogP contribution is -2.44. The topological polar surface area (TPSA) is 38.5 Å². The van der Waals surface area contributed by atoms with Crippen molar-refractivity contribution in [1.82, 2.24) is 4.90 Å². The first-order valence-corrected chi connectivity index (χ1v) is 7.90. The molecule has 0 spiro atoms. The predicted molar refractivity (Wildman–Crippen MR) is 75.6 cm³/mol. The Morgan fingerprint density at radius 1 is 1.17 bits per heavy atom. The van der Waals surface area contributed by atoms with Gasteiger partial charge >= 0.3 is 0 Å². The summed E-state index contributed by atoms with van der Waals surface area (Å²) in [5.74, 6) is 0.958. The molecule has 0 aromatic rings. The van der Waals surface area contributed by atoms with Gasteiger partial charge in [-0.2, -0.15) is 0 Å². The Balaban J connectivity index is 1.69. The second kappa shape index (κ2) is 7.46. The van der Waals surface area contributed by atoms with E-state index in [1.54, 1.807) is 0 Å². The largest absolute Gasteiger partial charge is 0.378 e. The number of rotatable bonds is 6. The standard InChI is InChI=1S/C15H30N2O/c1-2-13-5-3-6-15(13)17-10-7-14(8-11-17)18-12-4-9-16/h13-15H,2-12,16H2,1H3. The Bertz CT molecular complexity index is 227. The van der Waals surface area contributed by atoms with Crippen molar-refractivity contribution in [3.63, 3.8) is 0 Å². The van der Waals surface area contributed by atoms with E-state index in [0.29, 0.717) is 6.10 Å². The molecule has 106 valence electrons. The molecular formula is C15H30N2O. The molecule has 0 aromatic carbocycles. The van der Waals surface area contributed by atoms with E-state index in [1.807, 2.05) is 0 Å². The summed E-state index contributed by atoms with van der Waals surface area (Å²) >= 11 is 0. The minimum Gasteiger partial charge on any atom is -0.378 e. The third-order valence-corrected chi connectivity index (χ3v) is 4.79. The van der Waals surface area contributed by atoms with Crippen molar-refractivity contribution in [2.24, 2.45) is 11.7 Å². The molecule has 18 heavy (non-hydrogen) atoms. The number of likely N-dealkylation sites (tertiary alicyclic amines) is 1. The van der Waals surface area contributed by atoms with Crippen LogP contribution in [0.3, 0.4) is 0 Å². The maximum absolute atomic E-state index is 5.88. The van der Waals surface area contributed by atoms with Gasteiger partial charge in [-0.15, -0.1) is 0 Å². The monoisotopic (exact) mass is 254 g/mol. The van der Waals surface area contributed by atoms with E-state index in [0.717, 1.165) is 31.5 Å². The Hall–Kier alpha value is -0.120. The van der Waals surface area contributed by atoms with Gasteiger partial charge < -0.3 is 10.5 Å². The summed E-state index contributed by atoms with van der Waals surface area (Å²) in [6.07, 6.45) is 9.61. The summed E-state index contributed by atoms with van der Waals surface area (Å²) < 4.78 is 5.88. The van der Waals surface area contributed by atoms with Crippen LogP contribution in [0.4, 0.5) is 0 Å². The summed E-state index contributed by atoms with van der Waals surface area (Å²) in [6.45, 7) is 6.44. The minimum atomic E-state index is 0.495. The van der Waals surface area contributed by atoms with E-state index in [1.165, 1.54) is 51.6 Å². The van der Waals surface area contributed by atoms with Gasteiger partial charge in [0, 0.05) is 25.7 Å². The van der Waals surface area contributed by atoms with E-state index < -0.39 is 0 Å². The Kier molecular flexibility index (Phi) is 5.93. The molecule has 3 nitrogen and oxygen atoms in total. The second-order valence-electron chi connectivity index (χ2n) is 5.91. The molecule has 1 heterocycles. The average Bonchev–Trinajstić information content (AvgIpc) is 2.88. The molecule has 2 aliphatic rings. The smallest absolute Gasteiger partial charge is 0.0599 e. The van der Waals surface area contributed by atoms with Gasteiger partial charge in [-0.05, 0) is 44.6 Å². The first-order chi connectivity index (χ1) is 8.85. The summed E-state index contributed by atoms with van der Waals surface area (Å²) in [7, 11) is 0. The predicted octanol–water partition coefficient (Wildman–Crippen LogP) is 2.39. The van der Waals surface area contributed by atoms with Crippen LogP contribution >= 0.6 is 0 Å². The normalized spacial score (nSPS) is 31.0. The zero-order chi connectivity index (χ0) is 12.8. The molecular weight excluding hydrogens is 224 g/mol. The fourth-order valence-corrected chi connectivity index (χ4v) is 3.68. The number of ether oxygens (including phenoxy) is 1. The second-order valence-corrected chi connectivity index (χ2v) is 5.91. The highest BCUT2D eigenvalue weighted by Gasteiger charge is 2.33. The summed E-state index contributed by atoms with van der Waals surface area (Å²) in [4.78, 5) is 2.74. The van der Waals surface area contributed by atoms with Crippen molar-refractivity contribution >= 4 is 0 Å². The molecule has 1 saturated heterocycles. The lowest BCUT2D eigenvalue weighted by atomic mass is 9.96. The molecule has 2 unspecified atom stereocenters. The number of hydrogen-bond acceptors (Lipinski definition) is 3. The molecule has 0 amide bonds. The highest BCUT2D eigenvalue weighted by atomic mass is 16.5. The van der Waals surface area contributed by atoms with Crippen molar-refractivity contribution in [3.8, 4) is 0 Å². The summed E-state index contributed by atoms with van der Waals surface area (Å²) in [6, 6.07) is 0.875. The highest BCUT2D eigenvalue weighted by Crippen LogP contribution is 2.33. The van der Waals surface area contributed by atoms with Crippen molar-refractivity contribution in [2.75, 3.05) is 26.2 Å². The molecule has 2 N–H and O–H groups in total. The third kappa shape index (κ3) is 3.69. The van der Waals surface area contributed by atoms with Crippen LogP contribution in [0.15, 0.2) is 0 Å². The molecule has 2 fully saturated rings. The van der Waals surface area contributed by atoms with E-state index >= 15 is 0 Å². The Morgan fingerprint density at radius 2 is 1.94 bits per heavy atom. The molecule has 2 atom stereocenters. The molecule has 1 aliphatic heterocycles. The fraction of sp³-hybridized carbons (Fsp3) is 1.00. The summed E-state index contributed by atoms with van der Waals surface area (Å²) in [5, 5.41) is 0. The minimum absolute atomic E-state index is 0.495. The van der Waals surface area contributed by atoms with Crippen LogP contribution < -0.4 is 5.73 Å². The van der Waals surface area contributed by atoms with E-state index in [9.17, 15) is 0 Å². The van der Waals surface area contributed by atoms with Gasteiger partial charge in [0.15, 0.2) is 0 Å². The van der Waals surface area contributed by atoms with Crippen LogP contribution in [0.2, 0.25) is 0 Å². The van der Waals surface area contributed by atoms with Gasteiger partial charge in [-0.3, -0.25) is 4.90 Å². The number of piperidine rings is 1. The van der Waals surface area contributed by atoms with E-state index in [-0.39, 0.29) is 0 Å². The van der Waals surface area contributed by atoms with E-state index in [4.69, 9.17) is 10.5 Å². The van der Waals surface area contributed by atoms with Crippen LogP contribution in [0.5, 0.6) is 0 Å². The lowest BCUT2D eigenvalue weighted by molar-refractivity contribution is -0.00649. The molecule has 0 bridgehead atoms. The van der Waals surface area contributed by atoms with Crippen LogP contribution in [0.25, 0.3) is 0 Å². The van der Waals surface area contributed by atoms with E-state index in [2.05, 4.69) is 11.8 Å². The van der Waals surface area contributed by atoms with Gasteiger partial charge in [0.1, 0.15) is 0 Å². The molecule has 2 rings (SSSR count).